The van der Waals surface area contributed by atoms with Crippen LogP contribution in [0.15, 0.2) is 54.6 Å². The zero-order chi connectivity index (χ0) is 12.8. The molecule has 0 aliphatic carbocycles. The Morgan fingerprint density at radius 3 is 2.22 bits per heavy atom. The Balaban J connectivity index is 2.09. The molecule has 0 radical (unpaired) electrons. The van der Waals surface area contributed by atoms with Gasteiger partial charge in [0.15, 0.2) is 0 Å². The van der Waals surface area contributed by atoms with Crippen molar-refractivity contribution in [2.45, 2.75) is 6.42 Å². The molecule has 0 aromatic heterocycles. The van der Waals surface area contributed by atoms with E-state index < -0.39 is 0 Å². The first-order chi connectivity index (χ1) is 8.79. The normalized spacial score (nSPS) is 9.50. The van der Waals surface area contributed by atoms with Gasteiger partial charge < -0.3 is 10.1 Å². The third-order valence-corrected chi connectivity index (χ3v) is 2.44. The van der Waals surface area contributed by atoms with E-state index in [1.54, 1.807) is 24.3 Å². The van der Waals surface area contributed by atoms with Gasteiger partial charge in [-0.3, -0.25) is 0 Å². The van der Waals surface area contributed by atoms with E-state index in [2.05, 4.69) is 0 Å². The van der Waals surface area contributed by atoms with Crippen LogP contribution in [0.5, 0.6) is 11.5 Å². The van der Waals surface area contributed by atoms with E-state index in [1.165, 1.54) is 0 Å². The van der Waals surface area contributed by atoms with Gasteiger partial charge in [0.05, 0.1) is 18.2 Å². The van der Waals surface area contributed by atoms with E-state index in [-0.39, 0.29) is 6.42 Å². The zero-order valence-corrected chi connectivity index (χ0v) is 9.76. The van der Waals surface area contributed by atoms with Crippen molar-refractivity contribution >= 4 is 5.71 Å². The molecular weight excluding hydrogens is 224 g/mol. The molecule has 0 aliphatic heterocycles. The Labute approximate surface area is 106 Å². The highest BCUT2D eigenvalue weighted by molar-refractivity contribution is 5.99. The van der Waals surface area contributed by atoms with Crippen molar-refractivity contribution in [3.63, 3.8) is 0 Å². The van der Waals surface area contributed by atoms with Gasteiger partial charge in [0.1, 0.15) is 11.5 Å². The molecule has 0 unspecified atom stereocenters. The number of hydrogen-bond donors (Lipinski definition) is 1. The first-order valence-electron chi connectivity index (χ1n) is 5.57. The van der Waals surface area contributed by atoms with Gasteiger partial charge in [0.25, 0.3) is 0 Å². The van der Waals surface area contributed by atoms with Gasteiger partial charge in [-0.05, 0) is 42.0 Å². The summed E-state index contributed by atoms with van der Waals surface area (Å²) >= 11 is 0. The van der Waals surface area contributed by atoms with Gasteiger partial charge >= 0.3 is 0 Å². The summed E-state index contributed by atoms with van der Waals surface area (Å²) in [6.07, 6.45) is 0.124. The second-order valence-electron chi connectivity index (χ2n) is 3.75. The van der Waals surface area contributed by atoms with E-state index in [9.17, 15) is 0 Å². The first kappa shape index (κ1) is 11.9. The minimum Gasteiger partial charge on any atom is -0.457 e. The Bertz CT molecular complexity index is 568. The highest BCUT2D eigenvalue weighted by atomic mass is 16.5. The van der Waals surface area contributed by atoms with Crippen LogP contribution in [0.4, 0.5) is 0 Å². The SMILES string of the molecule is N#CCC(=N)c1ccc(Oc2ccccc2)cc1. The minimum absolute atomic E-state index is 0.124. The molecule has 18 heavy (non-hydrogen) atoms. The quantitative estimate of drug-likeness (QED) is 0.821. The summed E-state index contributed by atoms with van der Waals surface area (Å²) in [6.45, 7) is 0. The fourth-order valence-electron chi connectivity index (χ4n) is 1.53. The Kier molecular flexibility index (Phi) is 3.72. The summed E-state index contributed by atoms with van der Waals surface area (Å²) in [5, 5.41) is 16.2. The summed E-state index contributed by atoms with van der Waals surface area (Å²) in [4.78, 5) is 0. The third-order valence-electron chi connectivity index (χ3n) is 2.44. The average molecular weight is 236 g/mol. The van der Waals surface area contributed by atoms with Crippen molar-refractivity contribution in [3.05, 3.63) is 60.2 Å². The van der Waals surface area contributed by atoms with Gasteiger partial charge in [0.2, 0.25) is 0 Å². The molecule has 0 heterocycles. The lowest BCUT2D eigenvalue weighted by atomic mass is 10.1. The molecule has 0 saturated carbocycles. The molecule has 0 fully saturated rings. The van der Waals surface area contributed by atoms with Gasteiger partial charge in [-0.1, -0.05) is 18.2 Å². The Morgan fingerprint density at radius 2 is 1.61 bits per heavy atom. The molecule has 2 rings (SSSR count). The van der Waals surface area contributed by atoms with Crippen LogP contribution in [-0.2, 0) is 0 Å². The fraction of sp³-hybridized carbons (Fsp3) is 0.0667. The molecule has 0 aliphatic rings. The number of nitrogens with one attached hydrogen (secondary N) is 1. The number of benzene rings is 2. The Morgan fingerprint density at radius 1 is 1.00 bits per heavy atom. The van der Waals surface area contributed by atoms with E-state index >= 15 is 0 Å². The monoisotopic (exact) mass is 236 g/mol. The molecule has 0 spiro atoms. The molecule has 1 N–H and O–H groups in total. The predicted molar refractivity (Wildman–Crippen MR) is 70.0 cm³/mol. The number of nitrogens with zero attached hydrogens (tertiary/aromatic N) is 1. The second kappa shape index (κ2) is 5.65. The number of nitriles is 1. The summed E-state index contributed by atoms with van der Waals surface area (Å²) in [5.41, 5.74) is 1.07. The van der Waals surface area contributed by atoms with E-state index in [4.69, 9.17) is 15.4 Å². The largest absolute Gasteiger partial charge is 0.457 e. The molecule has 0 bridgehead atoms. The van der Waals surface area contributed by atoms with Crippen molar-refractivity contribution in [2.24, 2.45) is 0 Å². The maximum atomic E-state index is 8.53. The topological polar surface area (TPSA) is 56.9 Å². The number of para-hydroxylation sites is 1. The smallest absolute Gasteiger partial charge is 0.127 e. The molecule has 0 atom stereocenters. The van der Waals surface area contributed by atoms with Crippen molar-refractivity contribution in [3.8, 4) is 17.6 Å². The fourth-order valence-corrected chi connectivity index (χ4v) is 1.53. The maximum Gasteiger partial charge on any atom is 0.127 e. The molecule has 3 heteroatoms. The summed E-state index contributed by atoms with van der Waals surface area (Å²) in [7, 11) is 0. The molecule has 2 aromatic carbocycles. The van der Waals surface area contributed by atoms with Crippen molar-refractivity contribution < 1.29 is 4.74 Å². The van der Waals surface area contributed by atoms with Gasteiger partial charge in [0, 0.05) is 0 Å². The molecular formula is C15H12N2O. The number of rotatable bonds is 4. The van der Waals surface area contributed by atoms with Crippen LogP contribution in [0.2, 0.25) is 0 Å². The molecule has 88 valence electrons. The van der Waals surface area contributed by atoms with E-state index in [1.807, 2.05) is 36.4 Å². The standard InChI is InChI=1S/C15H12N2O/c16-11-10-15(17)12-6-8-14(9-7-12)18-13-4-2-1-3-5-13/h1-9,17H,10H2. The lowest BCUT2D eigenvalue weighted by Gasteiger charge is -2.06. The molecule has 0 saturated heterocycles. The van der Waals surface area contributed by atoms with E-state index in [0.29, 0.717) is 5.71 Å². The minimum atomic E-state index is 0.124. The van der Waals surface area contributed by atoms with Crippen LogP contribution in [0.3, 0.4) is 0 Å². The van der Waals surface area contributed by atoms with Crippen molar-refractivity contribution in [1.82, 2.24) is 0 Å². The van der Waals surface area contributed by atoms with Gasteiger partial charge in [-0.25, -0.2) is 0 Å². The third kappa shape index (κ3) is 2.96. The number of hydrogen-bond acceptors (Lipinski definition) is 3. The van der Waals surface area contributed by atoms with Gasteiger partial charge in [-0.15, -0.1) is 0 Å². The summed E-state index contributed by atoms with van der Waals surface area (Å²) < 4.78 is 5.64. The average Bonchev–Trinajstić information content (AvgIpc) is 2.41. The lowest BCUT2D eigenvalue weighted by Crippen LogP contribution is -1.96. The van der Waals surface area contributed by atoms with Crippen LogP contribution in [0, 0.1) is 16.7 Å². The van der Waals surface area contributed by atoms with Crippen molar-refractivity contribution in [1.29, 1.82) is 10.7 Å². The zero-order valence-electron chi connectivity index (χ0n) is 9.76. The maximum absolute atomic E-state index is 8.53. The molecule has 3 nitrogen and oxygen atoms in total. The molecule has 0 amide bonds. The van der Waals surface area contributed by atoms with Crippen LogP contribution >= 0.6 is 0 Å². The lowest BCUT2D eigenvalue weighted by molar-refractivity contribution is 0.482. The van der Waals surface area contributed by atoms with Crippen LogP contribution < -0.4 is 4.74 Å². The van der Waals surface area contributed by atoms with Gasteiger partial charge in [-0.2, -0.15) is 5.26 Å². The van der Waals surface area contributed by atoms with Crippen LogP contribution in [-0.4, -0.2) is 5.71 Å². The summed E-state index contributed by atoms with van der Waals surface area (Å²) in [5.74, 6) is 1.49. The van der Waals surface area contributed by atoms with E-state index in [0.717, 1.165) is 17.1 Å². The van der Waals surface area contributed by atoms with Crippen molar-refractivity contribution in [2.75, 3.05) is 0 Å². The predicted octanol–water partition coefficient (Wildman–Crippen LogP) is 3.76. The Hall–Kier alpha value is -2.60. The number of ether oxygens (including phenoxy) is 1. The summed E-state index contributed by atoms with van der Waals surface area (Å²) in [6, 6.07) is 18.7. The van der Waals surface area contributed by atoms with Crippen LogP contribution in [0.25, 0.3) is 0 Å². The van der Waals surface area contributed by atoms with Crippen LogP contribution in [0.1, 0.15) is 12.0 Å². The molecule has 2 aromatic rings. The highest BCUT2D eigenvalue weighted by Crippen LogP contribution is 2.21. The highest BCUT2D eigenvalue weighted by Gasteiger charge is 2.01. The second-order valence-corrected chi connectivity index (χ2v) is 3.75. The first-order valence-corrected chi connectivity index (χ1v) is 5.57.